The summed E-state index contributed by atoms with van der Waals surface area (Å²) in [5.74, 6) is -0.150. The minimum absolute atomic E-state index is 0.0195. The third-order valence-corrected chi connectivity index (χ3v) is 7.94. The van der Waals surface area contributed by atoms with Crippen LogP contribution in [0.25, 0.3) is 5.57 Å². The van der Waals surface area contributed by atoms with Crippen LogP contribution >= 0.6 is 69.7 Å². The SMILES string of the molecule is O=C(NC/C(F)=C1\COCc2onc(Cc3ccc(Cl)cc3Cl)c21)NSc1cc(Cl)c(Cl)s1. The molecule has 0 spiro atoms. The molecule has 0 aliphatic carbocycles. The van der Waals surface area contributed by atoms with Crippen molar-refractivity contribution < 1.29 is 18.4 Å². The molecule has 0 saturated heterocycles. The first-order valence-electron chi connectivity index (χ1n) is 9.34. The van der Waals surface area contributed by atoms with Gasteiger partial charge in [-0.2, -0.15) is 0 Å². The van der Waals surface area contributed by atoms with Crippen LogP contribution in [0.5, 0.6) is 0 Å². The second kappa shape index (κ2) is 10.9. The number of carbonyl (C=O) groups excluding carboxylic acids is 1. The molecule has 2 amide bonds. The fraction of sp³-hybridized carbons (Fsp3) is 0.200. The second-order valence-electron chi connectivity index (χ2n) is 6.79. The number of aromatic nitrogens is 1. The summed E-state index contributed by atoms with van der Waals surface area (Å²) in [4.78, 5) is 12.1. The van der Waals surface area contributed by atoms with Gasteiger partial charge in [0.15, 0.2) is 5.76 Å². The minimum atomic E-state index is -0.577. The van der Waals surface area contributed by atoms with E-state index in [1.54, 1.807) is 24.3 Å². The summed E-state index contributed by atoms with van der Waals surface area (Å²) < 4.78 is 29.5. The maximum Gasteiger partial charge on any atom is 0.325 e. The first-order valence-corrected chi connectivity index (χ1v) is 12.5. The molecule has 33 heavy (non-hydrogen) atoms. The van der Waals surface area contributed by atoms with Gasteiger partial charge in [-0.25, -0.2) is 9.18 Å². The Bertz CT molecular complexity index is 1210. The molecular weight excluding hydrogens is 555 g/mol. The van der Waals surface area contributed by atoms with Gasteiger partial charge in [-0.15, -0.1) is 11.3 Å². The van der Waals surface area contributed by atoms with Gasteiger partial charge in [0.25, 0.3) is 0 Å². The molecule has 2 N–H and O–H groups in total. The number of amides is 2. The van der Waals surface area contributed by atoms with Crippen LogP contribution in [-0.4, -0.2) is 24.3 Å². The molecule has 13 heteroatoms. The lowest BCUT2D eigenvalue weighted by atomic mass is 9.97. The summed E-state index contributed by atoms with van der Waals surface area (Å²) in [7, 11) is 0. The van der Waals surface area contributed by atoms with Crippen LogP contribution in [0.1, 0.15) is 22.6 Å². The number of fused-ring (bicyclic) bond motifs is 1. The molecule has 4 rings (SSSR count). The molecule has 0 radical (unpaired) electrons. The number of benzene rings is 1. The van der Waals surface area contributed by atoms with E-state index in [1.165, 1.54) is 11.3 Å². The molecule has 174 valence electrons. The lowest BCUT2D eigenvalue weighted by molar-refractivity contribution is 0.120. The van der Waals surface area contributed by atoms with Gasteiger partial charge < -0.3 is 14.6 Å². The van der Waals surface area contributed by atoms with Crippen molar-refractivity contribution in [2.24, 2.45) is 0 Å². The van der Waals surface area contributed by atoms with E-state index >= 15 is 4.39 Å². The quantitative estimate of drug-likeness (QED) is 0.308. The van der Waals surface area contributed by atoms with E-state index in [-0.39, 0.29) is 25.3 Å². The van der Waals surface area contributed by atoms with Crippen molar-refractivity contribution in [2.75, 3.05) is 13.2 Å². The Morgan fingerprint density at radius 2 is 2.00 bits per heavy atom. The minimum Gasteiger partial charge on any atom is -0.369 e. The molecule has 3 aromatic rings. The number of thiophene rings is 1. The zero-order chi connectivity index (χ0) is 23.5. The lowest BCUT2D eigenvalue weighted by Gasteiger charge is -2.17. The molecule has 0 fully saturated rings. The monoisotopic (exact) mass is 567 g/mol. The Morgan fingerprint density at radius 3 is 2.73 bits per heavy atom. The number of nitrogens with zero attached hydrogens (tertiary/aromatic N) is 1. The van der Waals surface area contributed by atoms with Crippen LogP contribution in [0.3, 0.4) is 0 Å². The summed E-state index contributed by atoms with van der Waals surface area (Å²) in [6, 6.07) is 6.18. The highest BCUT2D eigenvalue weighted by Crippen LogP contribution is 2.36. The van der Waals surface area contributed by atoms with E-state index < -0.39 is 11.9 Å². The van der Waals surface area contributed by atoms with E-state index in [2.05, 4.69) is 15.2 Å². The van der Waals surface area contributed by atoms with Crippen molar-refractivity contribution >= 4 is 81.3 Å². The van der Waals surface area contributed by atoms with Crippen molar-refractivity contribution in [3.63, 3.8) is 0 Å². The first-order chi connectivity index (χ1) is 15.8. The summed E-state index contributed by atoms with van der Waals surface area (Å²) in [5.41, 5.74) is 2.09. The molecule has 0 atom stereocenters. The predicted molar refractivity (Wildman–Crippen MR) is 130 cm³/mol. The first kappa shape index (κ1) is 24.7. The van der Waals surface area contributed by atoms with Gasteiger partial charge >= 0.3 is 6.03 Å². The molecule has 3 heterocycles. The zero-order valence-electron chi connectivity index (χ0n) is 16.5. The molecular formula is C20H14Cl4FN3O3S2. The number of ether oxygens (including phenoxy) is 1. The average molecular weight is 569 g/mol. The molecule has 0 bridgehead atoms. The number of rotatable bonds is 6. The van der Waals surface area contributed by atoms with Crippen molar-refractivity contribution in [1.82, 2.24) is 15.2 Å². The summed E-state index contributed by atoms with van der Waals surface area (Å²) in [5, 5.41) is 7.95. The topological polar surface area (TPSA) is 76.4 Å². The van der Waals surface area contributed by atoms with E-state index in [4.69, 9.17) is 55.7 Å². The number of urea groups is 1. The average Bonchev–Trinajstić information content (AvgIpc) is 3.34. The molecule has 2 aromatic heterocycles. The highest BCUT2D eigenvalue weighted by Gasteiger charge is 2.27. The Morgan fingerprint density at radius 1 is 1.18 bits per heavy atom. The Labute approximate surface area is 216 Å². The molecule has 0 unspecified atom stereocenters. The predicted octanol–water partition coefficient (Wildman–Crippen LogP) is 7.16. The van der Waals surface area contributed by atoms with E-state index in [9.17, 15) is 4.79 Å². The van der Waals surface area contributed by atoms with Gasteiger partial charge in [0, 0.05) is 22.0 Å². The van der Waals surface area contributed by atoms with Crippen LogP contribution in [0, 0.1) is 0 Å². The number of hydrogen-bond acceptors (Lipinski definition) is 6. The zero-order valence-corrected chi connectivity index (χ0v) is 21.2. The third-order valence-electron chi connectivity index (χ3n) is 4.59. The number of hydrogen-bond donors (Lipinski definition) is 2. The fourth-order valence-corrected chi connectivity index (χ4v) is 5.84. The van der Waals surface area contributed by atoms with Gasteiger partial charge in [0.05, 0.1) is 33.6 Å². The number of carbonyl (C=O) groups is 1. The molecule has 6 nitrogen and oxygen atoms in total. The van der Waals surface area contributed by atoms with Gasteiger partial charge in [-0.3, -0.25) is 4.72 Å². The second-order valence-corrected chi connectivity index (χ2v) is 10.8. The van der Waals surface area contributed by atoms with Crippen LogP contribution in [0.4, 0.5) is 9.18 Å². The maximum absolute atomic E-state index is 15.1. The van der Waals surface area contributed by atoms with Crippen LogP contribution in [0.15, 0.2) is 38.8 Å². The lowest BCUT2D eigenvalue weighted by Crippen LogP contribution is -2.32. The van der Waals surface area contributed by atoms with Crippen LogP contribution in [-0.2, 0) is 17.8 Å². The largest absolute Gasteiger partial charge is 0.369 e. The van der Waals surface area contributed by atoms with E-state index in [0.29, 0.717) is 47.1 Å². The maximum atomic E-state index is 15.1. The van der Waals surface area contributed by atoms with Crippen molar-refractivity contribution in [1.29, 1.82) is 0 Å². The van der Waals surface area contributed by atoms with E-state index in [1.807, 2.05) is 0 Å². The highest BCUT2D eigenvalue weighted by atomic mass is 35.5. The van der Waals surface area contributed by atoms with Crippen molar-refractivity contribution in [3.05, 3.63) is 72.1 Å². The normalized spacial score (nSPS) is 14.7. The molecule has 1 aromatic carbocycles. The smallest absolute Gasteiger partial charge is 0.325 e. The van der Waals surface area contributed by atoms with Crippen molar-refractivity contribution in [2.45, 2.75) is 17.2 Å². The molecule has 1 aliphatic heterocycles. The van der Waals surface area contributed by atoms with Gasteiger partial charge in [-0.05, 0) is 35.7 Å². The van der Waals surface area contributed by atoms with Gasteiger partial charge in [-0.1, -0.05) is 57.6 Å². The number of nitrogens with one attached hydrogen (secondary N) is 2. The van der Waals surface area contributed by atoms with Crippen LogP contribution < -0.4 is 10.0 Å². The van der Waals surface area contributed by atoms with E-state index in [0.717, 1.165) is 17.5 Å². The van der Waals surface area contributed by atoms with Gasteiger partial charge in [0.2, 0.25) is 0 Å². The Balaban J connectivity index is 1.45. The highest BCUT2D eigenvalue weighted by molar-refractivity contribution is 7.99. The summed E-state index contributed by atoms with van der Waals surface area (Å²) in [6.07, 6.45) is 0.322. The Kier molecular flexibility index (Phi) is 8.11. The molecule has 0 saturated carbocycles. The van der Waals surface area contributed by atoms with Gasteiger partial charge in [0.1, 0.15) is 16.8 Å². The Hall–Kier alpha value is -1.46. The summed E-state index contributed by atoms with van der Waals surface area (Å²) in [6.45, 7) is -0.154. The van der Waals surface area contributed by atoms with Crippen molar-refractivity contribution in [3.8, 4) is 0 Å². The summed E-state index contributed by atoms with van der Waals surface area (Å²) >= 11 is 26.3. The van der Waals surface area contributed by atoms with Crippen LogP contribution in [0.2, 0.25) is 19.4 Å². The fourth-order valence-electron chi connectivity index (χ4n) is 3.08. The third kappa shape index (κ3) is 5.97. The standard InChI is InChI=1S/C20H14Cl4FN3O3S2/c21-10-2-1-9(12(22)4-10)3-15-18-11(7-30-8-16(18)31-27-15)14(25)6-26-20(29)28-33-17-5-13(23)19(24)32-17/h1-2,4-5H,3,6-8H2,(H2,26,28,29)/b14-11-. The number of halogens is 5. The molecule has 1 aliphatic rings.